The Morgan fingerprint density at radius 2 is 1.73 bits per heavy atom. The molecule has 1 aliphatic heterocycles. The van der Waals surface area contributed by atoms with Crippen molar-refractivity contribution in [2.75, 3.05) is 13.1 Å². The number of likely N-dealkylation sites (N-methyl/N-ethyl adjacent to an activating group) is 1. The van der Waals surface area contributed by atoms with E-state index in [-0.39, 0.29) is 11.2 Å². The second-order valence-corrected chi connectivity index (χ2v) is 7.68. The number of carbonyl (C=O) groups is 1. The largest absolute Gasteiger partial charge is 0.342 e. The van der Waals surface area contributed by atoms with Gasteiger partial charge in [0, 0.05) is 46.6 Å². The van der Waals surface area contributed by atoms with E-state index in [0.717, 1.165) is 19.6 Å². The van der Waals surface area contributed by atoms with Gasteiger partial charge in [-0.3, -0.25) is 4.79 Å². The number of hydrogen-bond acceptors (Lipinski definition) is 2. The predicted octanol–water partition coefficient (Wildman–Crippen LogP) is 5.34. The highest BCUT2D eigenvalue weighted by atomic mass is 32.2. The molecule has 1 aromatic heterocycles. The van der Waals surface area contributed by atoms with Gasteiger partial charge in [-0.2, -0.15) is 0 Å². The molecule has 0 aliphatic carbocycles. The van der Waals surface area contributed by atoms with E-state index in [4.69, 9.17) is 0 Å². The molecule has 2 aromatic carbocycles. The second-order valence-electron chi connectivity index (χ2n) is 6.53. The van der Waals surface area contributed by atoms with Gasteiger partial charge < -0.3 is 9.47 Å². The third kappa shape index (κ3) is 2.47. The molecule has 134 valence electrons. The van der Waals surface area contributed by atoms with Crippen LogP contribution in [0.3, 0.4) is 0 Å². The van der Waals surface area contributed by atoms with Crippen LogP contribution in [0.2, 0.25) is 0 Å². The van der Waals surface area contributed by atoms with Gasteiger partial charge in [0.2, 0.25) is 5.91 Å². The summed E-state index contributed by atoms with van der Waals surface area (Å²) in [6.07, 6.45) is 0. The van der Waals surface area contributed by atoms with Gasteiger partial charge in [0.1, 0.15) is 5.25 Å². The molecule has 26 heavy (non-hydrogen) atoms. The Bertz CT molecular complexity index is 971. The minimum atomic E-state index is -0.183. The molecule has 3 nitrogen and oxygen atoms in total. The summed E-state index contributed by atoms with van der Waals surface area (Å²) in [5.74, 6) is 0.217. The number of aryl methyl sites for hydroxylation is 1. The van der Waals surface area contributed by atoms with Gasteiger partial charge in [0.25, 0.3) is 0 Å². The summed E-state index contributed by atoms with van der Waals surface area (Å²) in [7, 11) is 0. The number of thioether (sulfide) groups is 1. The molecule has 0 saturated carbocycles. The van der Waals surface area contributed by atoms with E-state index in [0.29, 0.717) is 0 Å². The lowest BCUT2D eigenvalue weighted by Gasteiger charge is -2.29. The maximum Gasteiger partial charge on any atom is 0.240 e. The molecular formula is C22H24N2OS. The zero-order valence-corrected chi connectivity index (χ0v) is 16.3. The van der Waals surface area contributed by atoms with E-state index >= 15 is 0 Å². The molecule has 1 amide bonds. The monoisotopic (exact) mass is 363 g/mol. The van der Waals surface area contributed by atoms with Crippen molar-refractivity contribution in [3.8, 4) is 11.3 Å². The van der Waals surface area contributed by atoms with Crippen molar-refractivity contribution in [1.29, 1.82) is 0 Å². The molecule has 0 N–H and O–H groups in total. The molecule has 2 heterocycles. The van der Waals surface area contributed by atoms with Crippen LogP contribution < -0.4 is 0 Å². The minimum Gasteiger partial charge on any atom is -0.342 e. The molecule has 3 aromatic rings. The molecule has 4 heteroatoms. The van der Waals surface area contributed by atoms with Crippen molar-refractivity contribution in [3.05, 3.63) is 54.1 Å². The van der Waals surface area contributed by atoms with E-state index in [1.54, 1.807) is 11.8 Å². The number of amides is 1. The van der Waals surface area contributed by atoms with Crippen LogP contribution >= 0.6 is 11.8 Å². The number of benzene rings is 2. The number of para-hydroxylation sites is 1. The van der Waals surface area contributed by atoms with Crippen LogP contribution in [0.15, 0.2) is 53.4 Å². The third-order valence-electron chi connectivity index (χ3n) is 5.27. The fourth-order valence-electron chi connectivity index (χ4n) is 4.04. The van der Waals surface area contributed by atoms with Crippen molar-refractivity contribution in [2.24, 2.45) is 0 Å². The summed E-state index contributed by atoms with van der Waals surface area (Å²) in [6, 6.07) is 17.0. The highest BCUT2D eigenvalue weighted by Gasteiger charge is 2.36. The van der Waals surface area contributed by atoms with Crippen LogP contribution in [0, 0.1) is 0 Å². The Morgan fingerprint density at radius 3 is 2.46 bits per heavy atom. The van der Waals surface area contributed by atoms with Gasteiger partial charge >= 0.3 is 0 Å². The average Bonchev–Trinajstić information content (AvgIpc) is 3.03. The van der Waals surface area contributed by atoms with Crippen molar-refractivity contribution in [1.82, 2.24) is 9.47 Å². The Labute approximate surface area is 159 Å². The number of hydrogen-bond donors (Lipinski definition) is 0. The maximum absolute atomic E-state index is 13.4. The van der Waals surface area contributed by atoms with Gasteiger partial charge in [-0.1, -0.05) is 36.4 Å². The van der Waals surface area contributed by atoms with E-state index < -0.39 is 0 Å². The van der Waals surface area contributed by atoms with Crippen molar-refractivity contribution in [3.63, 3.8) is 0 Å². The predicted molar refractivity (Wildman–Crippen MR) is 110 cm³/mol. The molecule has 4 rings (SSSR count). The lowest BCUT2D eigenvalue weighted by Crippen LogP contribution is -2.34. The molecule has 0 bridgehead atoms. The van der Waals surface area contributed by atoms with E-state index in [2.05, 4.69) is 73.9 Å². The molecule has 1 atom stereocenters. The summed E-state index contributed by atoms with van der Waals surface area (Å²) in [4.78, 5) is 16.5. The number of rotatable bonds is 4. The SMILES string of the molecule is CCN(CC)[11C](=O)C1Sc2ccccc2-c2c1c1ccccc1n2CC. The number of nitrogens with zero attached hydrogens (tertiary/aromatic N) is 2. The zero-order chi connectivity index (χ0) is 18.3. The van der Waals surface area contributed by atoms with E-state index in [1.165, 1.54) is 32.6 Å². The molecule has 0 spiro atoms. The van der Waals surface area contributed by atoms with Gasteiger partial charge in [-0.15, -0.1) is 11.8 Å². The average molecular weight is 364 g/mol. The number of fused-ring (bicyclic) bond motifs is 5. The van der Waals surface area contributed by atoms with Crippen molar-refractivity contribution in [2.45, 2.75) is 37.5 Å². The van der Waals surface area contributed by atoms with Gasteiger partial charge in [-0.25, -0.2) is 0 Å². The van der Waals surface area contributed by atoms with Crippen LogP contribution in [0.25, 0.3) is 22.2 Å². The Kier molecular flexibility index (Phi) is 4.53. The highest BCUT2D eigenvalue weighted by molar-refractivity contribution is 8.00. The Balaban J connectivity index is 2.03. The standard InChI is InChI=1S/C22H24N2OS/c1-4-23(5-2)22(25)21-19-15-11-7-9-13-17(15)24(6-3)20(19)16-12-8-10-14-18(16)26-21/h7-14,21H,4-6H2,1-3H3/i22-1. The zero-order valence-electron chi connectivity index (χ0n) is 15.5. The van der Waals surface area contributed by atoms with Crippen LogP contribution in [-0.4, -0.2) is 28.5 Å². The Hall–Kier alpha value is -2.20. The van der Waals surface area contributed by atoms with Gasteiger partial charge in [-0.05, 0) is 32.9 Å². The molecule has 0 saturated heterocycles. The normalized spacial score (nSPS) is 15.6. The van der Waals surface area contributed by atoms with Crippen LogP contribution in [-0.2, 0) is 11.3 Å². The first-order valence-corrected chi connectivity index (χ1v) is 10.2. The third-order valence-corrected chi connectivity index (χ3v) is 6.56. The first-order chi connectivity index (χ1) is 12.7. The summed E-state index contributed by atoms with van der Waals surface area (Å²) < 4.78 is 2.37. The lowest BCUT2D eigenvalue weighted by molar-refractivity contribution is -0.130. The maximum atomic E-state index is 13.4. The van der Waals surface area contributed by atoms with Crippen LogP contribution in [0.5, 0.6) is 0 Å². The van der Waals surface area contributed by atoms with Gasteiger partial charge in [0.15, 0.2) is 0 Å². The molecule has 1 aliphatic rings. The summed E-state index contributed by atoms with van der Waals surface area (Å²) in [5.41, 5.74) is 4.86. The lowest BCUT2D eigenvalue weighted by atomic mass is 9.83. The smallest absolute Gasteiger partial charge is 0.240 e. The summed E-state index contributed by atoms with van der Waals surface area (Å²) in [5, 5.41) is 1.02. The molecular weight excluding hydrogens is 339 g/mol. The molecule has 1 unspecified atom stereocenters. The minimum absolute atomic E-state index is 0.183. The quantitative estimate of drug-likeness (QED) is 0.625. The second kappa shape index (κ2) is 6.84. The first kappa shape index (κ1) is 17.2. The van der Waals surface area contributed by atoms with Crippen molar-refractivity contribution < 1.29 is 4.79 Å². The van der Waals surface area contributed by atoms with Gasteiger partial charge in [0.05, 0.1) is 5.69 Å². The number of carbonyl (C=O) groups excluding carboxylic acids is 1. The van der Waals surface area contributed by atoms with E-state index in [1.807, 2.05) is 4.90 Å². The summed E-state index contributed by atoms with van der Waals surface area (Å²) >= 11 is 1.70. The van der Waals surface area contributed by atoms with Crippen LogP contribution in [0.4, 0.5) is 0 Å². The van der Waals surface area contributed by atoms with Crippen molar-refractivity contribution >= 4 is 28.6 Å². The Morgan fingerprint density at radius 1 is 1.04 bits per heavy atom. The fraction of sp³-hybridized carbons (Fsp3) is 0.318. The fourth-order valence-corrected chi connectivity index (χ4v) is 5.35. The topological polar surface area (TPSA) is 25.2 Å². The number of aromatic nitrogens is 1. The molecule has 0 fully saturated rings. The van der Waals surface area contributed by atoms with Crippen LogP contribution in [0.1, 0.15) is 31.6 Å². The summed E-state index contributed by atoms with van der Waals surface area (Å²) in [6.45, 7) is 8.67. The highest BCUT2D eigenvalue weighted by Crippen LogP contribution is 2.53. The van der Waals surface area contributed by atoms with E-state index in [9.17, 15) is 4.79 Å². The molecule has 0 radical (unpaired) electrons. The first-order valence-electron chi connectivity index (χ1n) is 9.37.